The number of morpholine rings is 1. The molecule has 0 saturated carbocycles. The number of aryl methyl sites for hydroxylation is 1. The van der Waals surface area contributed by atoms with Crippen LogP contribution in [0.15, 0.2) is 59.6 Å². The summed E-state index contributed by atoms with van der Waals surface area (Å²) in [5.41, 5.74) is 3.81. The number of hydrogen-bond acceptors (Lipinski definition) is 3. The Bertz CT molecular complexity index is 839. The monoisotopic (exact) mass is 407 g/mol. The first-order valence-corrected chi connectivity index (χ1v) is 11.1. The maximum atomic E-state index is 6.16. The van der Waals surface area contributed by atoms with Crippen LogP contribution in [0.2, 0.25) is 0 Å². The zero-order valence-electron chi connectivity index (χ0n) is 18.1. The molecule has 2 aromatic carbocycles. The number of nitrogens with one attached hydrogen (secondary N) is 1. The molecule has 2 aromatic rings. The summed E-state index contributed by atoms with van der Waals surface area (Å²) in [6, 6.07) is 19.1. The van der Waals surface area contributed by atoms with Crippen LogP contribution in [0, 0.1) is 12.8 Å². The zero-order chi connectivity index (χ0) is 20.8. The molecule has 2 heterocycles. The molecule has 0 bridgehead atoms. The third-order valence-electron chi connectivity index (χ3n) is 6.21. The molecule has 5 nitrogen and oxygen atoms in total. The van der Waals surface area contributed by atoms with Crippen LogP contribution in [0.25, 0.3) is 0 Å². The highest BCUT2D eigenvalue weighted by Gasteiger charge is 2.29. The minimum atomic E-state index is 0.0774. The Labute approximate surface area is 180 Å². The Morgan fingerprint density at radius 3 is 2.67 bits per heavy atom. The number of ether oxygens (including phenoxy) is 2. The molecular weight excluding hydrogens is 374 g/mol. The smallest absolute Gasteiger partial charge is 0.193 e. The standard InChI is InChI=1S/C25H33N3O2/c1-19-9-6-7-13-22(19)23-18-28(14-16-29-23)25(26-2)27-17-21-12-8-15-30-24(21)20-10-4-3-5-11-20/h3-7,9-11,13,21,23-24H,8,12,14-18H2,1-2H3,(H,26,27). The van der Waals surface area contributed by atoms with Crippen molar-refractivity contribution in [3.63, 3.8) is 0 Å². The van der Waals surface area contributed by atoms with Crippen molar-refractivity contribution >= 4 is 5.96 Å². The van der Waals surface area contributed by atoms with Gasteiger partial charge in [-0.25, -0.2) is 0 Å². The number of hydrogen-bond donors (Lipinski definition) is 1. The van der Waals surface area contributed by atoms with E-state index in [0.29, 0.717) is 12.5 Å². The van der Waals surface area contributed by atoms with E-state index in [4.69, 9.17) is 9.47 Å². The molecule has 0 aromatic heterocycles. The number of guanidine groups is 1. The fraction of sp³-hybridized carbons (Fsp3) is 0.480. The number of aliphatic imine (C=N–C) groups is 1. The highest BCUT2D eigenvalue weighted by Crippen LogP contribution is 2.33. The first-order valence-electron chi connectivity index (χ1n) is 11.1. The van der Waals surface area contributed by atoms with Crippen molar-refractivity contribution in [2.45, 2.75) is 32.0 Å². The summed E-state index contributed by atoms with van der Waals surface area (Å²) < 4.78 is 12.3. The summed E-state index contributed by atoms with van der Waals surface area (Å²) in [4.78, 5) is 6.90. The van der Waals surface area contributed by atoms with Gasteiger partial charge in [-0.3, -0.25) is 4.99 Å². The van der Waals surface area contributed by atoms with Crippen molar-refractivity contribution in [3.05, 3.63) is 71.3 Å². The van der Waals surface area contributed by atoms with Gasteiger partial charge in [0.15, 0.2) is 5.96 Å². The van der Waals surface area contributed by atoms with Crippen LogP contribution >= 0.6 is 0 Å². The van der Waals surface area contributed by atoms with Gasteiger partial charge in [0.05, 0.1) is 19.3 Å². The second-order valence-electron chi connectivity index (χ2n) is 8.19. The van der Waals surface area contributed by atoms with Crippen molar-refractivity contribution in [3.8, 4) is 0 Å². The summed E-state index contributed by atoms with van der Waals surface area (Å²) in [6.45, 7) is 6.22. The largest absolute Gasteiger partial charge is 0.373 e. The van der Waals surface area contributed by atoms with E-state index < -0.39 is 0 Å². The van der Waals surface area contributed by atoms with E-state index in [9.17, 15) is 0 Å². The van der Waals surface area contributed by atoms with Gasteiger partial charge in [-0.1, -0.05) is 54.6 Å². The molecule has 160 valence electrons. The summed E-state index contributed by atoms with van der Waals surface area (Å²) in [7, 11) is 1.87. The maximum Gasteiger partial charge on any atom is 0.193 e. The zero-order valence-corrected chi connectivity index (χ0v) is 18.1. The van der Waals surface area contributed by atoms with E-state index in [1.54, 1.807) is 0 Å². The Balaban J connectivity index is 1.40. The predicted octanol–water partition coefficient (Wildman–Crippen LogP) is 4.11. The molecule has 0 amide bonds. The predicted molar refractivity (Wildman–Crippen MR) is 121 cm³/mol. The molecular formula is C25H33N3O2. The Morgan fingerprint density at radius 1 is 1.07 bits per heavy atom. The van der Waals surface area contributed by atoms with Crippen LogP contribution < -0.4 is 5.32 Å². The lowest BCUT2D eigenvalue weighted by atomic mass is 9.89. The van der Waals surface area contributed by atoms with E-state index >= 15 is 0 Å². The van der Waals surface area contributed by atoms with E-state index in [-0.39, 0.29) is 12.2 Å². The van der Waals surface area contributed by atoms with Crippen LogP contribution in [0.5, 0.6) is 0 Å². The SMILES string of the molecule is CN=C(NCC1CCCOC1c1ccccc1)N1CCOC(c2ccccc2C)C1. The molecule has 1 N–H and O–H groups in total. The van der Waals surface area contributed by atoms with Gasteiger partial charge in [-0.2, -0.15) is 0 Å². The molecule has 0 radical (unpaired) electrons. The van der Waals surface area contributed by atoms with E-state index in [1.165, 1.54) is 23.1 Å². The fourth-order valence-corrected chi connectivity index (χ4v) is 4.60. The first kappa shape index (κ1) is 20.9. The Morgan fingerprint density at radius 2 is 1.87 bits per heavy atom. The third kappa shape index (κ3) is 4.85. The minimum absolute atomic E-state index is 0.0774. The molecule has 3 unspecified atom stereocenters. The normalized spacial score (nSPS) is 25.2. The summed E-state index contributed by atoms with van der Waals surface area (Å²) in [5.74, 6) is 1.39. The molecule has 0 spiro atoms. The quantitative estimate of drug-likeness (QED) is 0.612. The molecule has 5 heteroatoms. The highest BCUT2D eigenvalue weighted by molar-refractivity contribution is 5.80. The van der Waals surface area contributed by atoms with Crippen LogP contribution in [-0.2, 0) is 9.47 Å². The number of nitrogens with zero attached hydrogens (tertiary/aromatic N) is 2. The van der Waals surface area contributed by atoms with Crippen molar-refractivity contribution in [2.24, 2.45) is 10.9 Å². The second kappa shape index (κ2) is 10.1. The minimum Gasteiger partial charge on any atom is -0.373 e. The van der Waals surface area contributed by atoms with Gasteiger partial charge in [0.2, 0.25) is 0 Å². The highest BCUT2D eigenvalue weighted by atomic mass is 16.5. The summed E-state index contributed by atoms with van der Waals surface area (Å²) in [5, 5.41) is 3.64. The van der Waals surface area contributed by atoms with Crippen molar-refractivity contribution < 1.29 is 9.47 Å². The van der Waals surface area contributed by atoms with E-state index in [0.717, 1.165) is 38.6 Å². The van der Waals surface area contributed by atoms with Gasteiger partial charge in [0, 0.05) is 32.7 Å². The first-order chi connectivity index (χ1) is 14.8. The molecule has 2 aliphatic heterocycles. The van der Waals surface area contributed by atoms with E-state index in [1.807, 2.05) is 7.05 Å². The molecule has 2 fully saturated rings. The van der Waals surface area contributed by atoms with Gasteiger partial charge in [0.1, 0.15) is 6.10 Å². The van der Waals surface area contributed by atoms with Gasteiger partial charge in [0.25, 0.3) is 0 Å². The van der Waals surface area contributed by atoms with Gasteiger partial charge >= 0.3 is 0 Å². The van der Waals surface area contributed by atoms with Gasteiger partial charge in [-0.05, 0) is 36.5 Å². The van der Waals surface area contributed by atoms with Crippen molar-refractivity contribution in [2.75, 3.05) is 39.9 Å². The van der Waals surface area contributed by atoms with Crippen LogP contribution in [-0.4, -0.2) is 50.8 Å². The lowest BCUT2D eigenvalue weighted by Crippen LogP contribution is -2.49. The topological polar surface area (TPSA) is 46.1 Å². The molecule has 30 heavy (non-hydrogen) atoms. The molecule has 2 saturated heterocycles. The van der Waals surface area contributed by atoms with Crippen molar-refractivity contribution in [1.29, 1.82) is 0 Å². The number of rotatable bonds is 4. The van der Waals surface area contributed by atoms with Crippen LogP contribution in [0.3, 0.4) is 0 Å². The molecule has 3 atom stereocenters. The number of benzene rings is 2. The summed E-state index contributed by atoms with van der Waals surface area (Å²) >= 11 is 0. The fourth-order valence-electron chi connectivity index (χ4n) is 4.60. The lowest BCUT2D eigenvalue weighted by Gasteiger charge is -2.37. The van der Waals surface area contributed by atoms with Crippen molar-refractivity contribution in [1.82, 2.24) is 10.2 Å². The maximum absolute atomic E-state index is 6.16. The van der Waals surface area contributed by atoms with Gasteiger partial charge < -0.3 is 19.7 Å². The van der Waals surface area contributed by atoms with Gasteiger partial charge in [-0.15, -0.1) is 0 Å². The van der Waals surface area contributed by atoms with Crippen LogP contribution in [0.1, 0.15) is 41.7 Å². The van der Waals surface area contributed by atoms with E-state index in [2.05, 4.69) is 76.7 Å². The molecule has 2 aliphatic rings. The average Bonchev–Trinajstić information content (AvgIpc) is 2.81. The molecule has 0 aliphatic carbocycles. The average molecular weight is 408 g/mol. The Kier molecular flexibility index (Phi) is 7.03. The Hall–Kier alpha value is -2.37. The lowest BCUT2D eigenvalue weighted by molar-refractivity contribution is -0.0276. The summed E-state index contributed by atoms with van der Waals surface area (Å²) in [6.07, 6.45) is 2.50. The van der Waals surface area contributed by atoms with Crippen LogP contribution in [0.4, 0.5) is 0 Å². The second-order valence-corrected chi connectivity index (χ2v) is 8.19. The third-order valence-corrected chi connectivity index (χ3v) is 6.21. The molecule has 4 rings (SSSR count).